The third kappa shape index (κ3) is 5.20. The van der Waals surface area contributed by atoms with Crippen molar-refractivity contribution in [2.75, 3.05) is 30.9 Å². The lowest BCUT2D eigenvalue weighted by atomic mass is 9.94. The third-order valence-corrected chi connectivity index (χ3v) is 5.34. The zero-order valence-electron chi connectivity index (χ0n) is 15.8. The van der Waals surface area contributed by atoms with Crippen LogP contribution in [0.3, 0.4) is 0 Å². The summed E-state index contributed by atoms with van der Waals surface area (Å²) >= 11 is 5.64. The highest BCUT2D eigenvalue weighted by Crippen LogP contribution is 2.35. The maximum Gasteiger partial charge on any atom is 0.409 e. The molecule has 28 heavy (non-hydrogen) atoms. The van der Waals surface area contributed by atoms with Gasteiger partial charge in [-0.05, 0) is 25.0 Å². The Bertz CT molecular complexity index is 709. The van der Waals surface area contributed by atoms with Gasteiger partial charge in [-0.1, -0.05) is 18.9 Å². The topological polar surface area (TPSA) is 80.0 Å². The molecule has 0 atom stereocenters. The molecule has 0 saturated carbocycles. The van der Waals surface area contributed by atoms with Gasteiger partial charge in [0.05, 0.1) is 12.2 Å². The molecule has 9 heteroatoms. The van der Waals surface area contributed by atoms with E-state index >= 15 is 0 Å². The Morgan fingerprint density at radius 2 is 2.00 bits per heavy atom. The molecule has 0 radical (unpaired) electrons. The van der Waals surface area contributed by atoms with Crippen LogP contribution in [-0.4, -0.2) is 48.1 Å². The van der Waals surface area contributed by atoms with Gasteiger partial charge in [0.1, 0.15) is 17.3 Å². The second-order valence-corrected chi connectivity index (χ2v) is 7.40. The molecular weight excluding hydrogens is 406 g/mol. The smallest absolute Gasteiger partial charge is 0.409 e. The number of piperidine rings is 1. The molecule has 0 unspecified atom stereocenters. The minimum absolute atomic E-state index is 0. The van der Waals surface area contributed by atoms with E-state index in [1.165, 1.54) is 6.07 Å². The number of amidine groups is 1. The monoisotopic (exact) mass is 432 g/mol. The number of nitrogens with one attached hydrogen (secondary N) is 1. The van der Waals surface area contributed by atoms with Crippen molar-refractivity contribution in [3.8, 4) is 0 Å². The number of hydrogen-bond donors (Lipinski definition) is 2. The number of halogens is 3. The van der Waals surface area contributed by atoms with E-state index in [0.29, 0.717) is 49.7 Å². The van der Waals surface area contributed by atoms with Gasteiger partial charge in [0.15, 0.2) is 0 Å². The number of ether oxygens (including phenoxy) is 1. The number of nitrogens with two attached hydrogens (primary N) is 1. The van der Waals surface area contributed by atoms with Crippen LogP contribution >= 0.6 is 24.0 Å². The van der Waals surface area contributed by atoms with Gasteiger partial charge in [-0.25, -0.2) is 14.2 Å². The fourth-order valence-corrected chi connectivity index (χ4v) is 3.74. The Hall–Kier alpha value is -1.73. The zero-order valence-corrected chi connectivity index (χ0v) is 17.3. The van der Waals surface area contributed by atoms with Crippen LogP contribution < -0.4 is 11.1 Å². The largest absolute Gasteiger partial charge is 0.449 e. The molecular formula is C19H27Cl2FN4O2. The average molecular weight is 433 g/mol. The predicted octanol–water partition coefficient (Wildman–Crippen LogP) is 4.11. The molecule has 1 aromatic rings. The molecule has 2 aliphatic heterocycles. The molecule has 0 aliphatic carbocycles. The van der Waals surface area contributed by atoms with Gasteiger partial charge in [-0.3, -0.25) is 0 Å². The third-order valence-electron chi connectivity index (χ3n) is 5.07. The van der Waals surface area contributed by atoms with Crippen molar-refractivity contribution in [3.63, 3.8) is 0 Å². The van der Waals surface area contributed by atoms with Crippen molar-refractivity contribution in [2.45, 2.75) is 44.2 Å². The van der Waals surface area contributed by atoms with Crippen LogP contribution in [0.1, 0.15) is 44.1 Å². The van der Waals surface area contributed by atoms with Crippen molar-refractivity contribution in [1.29, 1.82) is 0 Å². The molecule has 1 spiro atoms. The maximum atomic E-state index is 14.0. The first kappa shape index (κ1) is 22.6. The van der Waals surface area contributed by atoms with Crippen LogP contribution in [0.15, 0.2) is 23.2 Å². The van der Waals surface area contributed by atoms with Crippen LogP contribution in [0.4, 0.5) is 14.9 Å². The Kier molecular flexibility index (Phi) is 8.19. The number of benzene rings is 1. The Morgan fingerprint density at radius 1 is 1.29 bits per heavy atom. The molecule has 1 aromatic carbocycles. The van der Waals surface area contributed by atoms with Crippen molar-refractivity contribution in [2.24, 2.45) is 10.7 Å². The number of fused-ring (bicyclic) bond motifs is 1. The SMILES string of the molecule is Cl.NC1=NC2(CCN(C(=O)OCCCCCCCl)CC2)Nc2cccc(F)c21. The second-order valence-electron chi connectivity index (χ2n) is 7.02. The van der Waals surface area contributed by atoms with E-state index in [9.17, 15) is 9.18 Å². The van der Waals surface area contributed by atoms with Crippen molar-refractivity contribution < 1.29 is 13.9 Å². The average Bonchev–Trinajstić information content (AvgIpc) is 2.64. The van der Waals surface area contributed by atoms with Crippen LogP contribution in [0.25, 0.3) is 0 Å². The number of aliphatic imine (C=N–C) groups is 1. The highest BCUT2D eigenvalue weighted by Gasteiger charge is 2.39. The number of hydrogen-bond acceptors (Lipinski definition) is 5. The van der Waals surface area contributed by atoms with Gasteiger partial charge in [0, 0.05) is 37.5 Å². The fourth-order valence-electron chi connectivity index (χ4n) is 3.55. The summed E-state index contributed by atoms with van der Waals surface area (Å²) in [5, 5.41) is 3.32. The number of anilines is 1. The van der Waals surface area contributed by atoms with Gasteiger partial charge in [-0.2, -0.15) is 0 Å². The first-order valence-corrected chi connectivity index (χ1v) is 9.98. The molecule has 156 valence electrons. The summed E-state index contributed by atoms with van der Waals surface area (Å²) in [6.07, 6.45) is 4.81. The van der Waals surface area contributed by atoms with Gasteiger partial charge < -0.3 is 20.7 Å². The first-order valence-electron chi connectivity index (χ1n) is 9.45. The van der Waals surface area contributed by atoms with Gasteiger partial charge in [-0.15, -0.1) is 24.0 Å². The van der Waals surface area contributed by atoms with Crippen LogP contribution in [0, 0.1) is 5.82 Å². The van der Waals surface area contributed by atoms with E-state index in [1.54, 1.807) is 17.0 Å². The summed E-state index contributed by atoms with van der Waals surface area (Å²) < 4.78 is 19.3. The molecule has 1 amide bonds. The highest BCUT2D eigenvalue weighted by atomic mass is 35.5. The van der Waals surface area contributed by atoms with Gasteiger partial charge >= 0.3 is 6.09 Å². The first-order chi connectivity index (χ1) is 13.0. The van der Waals surface area contributed by atoms with Gasteiger partial charge in [0.25, 0.3) is 0 Å². The number of carbonyl (C=O) groups is 1. The van der Waals surface area contributed by atoms with Crippen LogP contribution in [0.5, 0.6) is 0 Å². The van der Waals surface area contributed by atoms with Crippen LogP contribution in [0.2, 0.25) is 0 Å². The van der Waals surface area contributed by atoms with E-state index in [0.717, 1.165) is 25.7 Å². The molecule has 0 aromatic heterocycles. The molecule has 0 bridgehead atoms. The van der Waals surface area contributed by atoms with E-state index in [2.05, 4.69) is 10.3 Å². The summed E-state index contributed by atoms with van der Waals surface area (Å²) in [6.45, 7) is 1.46. The lowest BCUT2D eigenvalue weighted by molar-refractivity contribution is 0.0851. The van der Waals surface area contributed by atoms with E-state index in [4.69, 9.17) is 22.1 Å². The number of nitrogens with zero attached hydrogens (tertiary/aromatic N) is 2. The van der Waals surface area contributed by atoms with E-state index < -0.39 is 5.66 Å². The normalized spacial score (nSPS) is 17.2. The molecule has 2 aliphatic rings. The lowest BCUT2D eigenvalue weighted by Crippen LogP contribution is -2.52. The summed E-state index contributed by atoms with van der Waals surface area (Å²) in [6, 6.07) is 4.81. The lowest BCUT2D eigenvalue weighted by Gasteiger charge is -2.42. The second kappa shape index (κ2) is 10.2. The molecule has 3 N–H and O–H groups in total. The number of rotatable bonds is 6. The maximum absolute atomic E-state index is 14.0. The Morgan fingerprint density at radius 3 is 2.71 bits per heavy atom. The molecule has 1 saturated heterocycles. The Labute approximate surface area is 176 Å². The summed E-state index contributed by atoms with van der Waals surface area (Å²) in [7, 11) is 0. The summed E-state index contributed by atoms with van der Waals surface area (Å²) in [5.74, 6) is 0.492. The zero-order chi connectivity index (χ0) is 19.3. The highest BCUT2D eigenvalue weighted by molar-refractivity contribution is 6.17. The number of carbonyl (C=O) groups excluding carboxylic acids is 1. The number of likely N-dealkylation sites (tertiary alicyclic amines) is 1. The summed E-state index contributed by atoms with van der Waals surface area (Å²) in [4.78, 5) is 18.4. The fraction of sp³-hybridized carbons (Fsp3) is 0.579. The van der Waals surface area contributed by atoms with E-state index in [1.807, 2.05) is 0 Å². The molecule has 6 nitrogen and oxygen atoms in total. The van der Waals surface area contributed by atoms with Crippen molar-refractivity contribution in [3.05, 3.63) is 29.6 Å². The van der Waals surface area contributed by atoms with Gasteiger partial charge in [0.2, 0.25) is 0 Å². The molecule has 3 rings (SSSR count). The van der Waals surface area contributed by atoms with Crippen molar-refractivity contribution in [1.82, 2.24) is 4.90 Å². The number of unbranched alkanes of at least 4 members (excludes halogenated alkanes) is 3. The van der Waals surface area contributed by atoms with Crippen molar-refractivity contribution >= 4 is 41.6 Å². The minimum atomic E-state index is -0.594. The molecule has 1 fully saturated rings. The predicted molar refractivity (Wildman–Crippen MR) is 112 cm³/mol. The Balaban J connectivity index is 0.00000280. The van der Waals surface area contributed by atoms with Crippen LogP contribution in [-0.2, 0) is 4.74 Å². The minimum Gasteiger partial charge on any atom is -0.449 e. The number of alkyl halides is 1. The summed E-state index contributed by atoms with van der Waals surface area (Å²) in [5.41, 5.74) is 6.39. The number of amides is 1. The molecule has 2 heterocycles. The standard InChI is InChI=1S/C19H26ClFN4O2.ClH/c20-10-3-1-2-4-13-27-18(26)25-11-8-19(9-12-25)23-15-7-5-6-14(21)16(15)17(22)24-19;/h5-7,23H,1-4,8-13H2,(H2,22,24);1H. The quantitative estimate of drug-likeness (QED) is 0.523. The van der Waals surface area contributed by atoms with E-state index in [-0.39, 0.29) is 30.2 Å².